The van der Waals surface area contributed by atoms with E-state index in [-0.39, 0.29) is 11.8 Å². The lowest BCUT2D eigenvalue weighted by Gasteiger charge is -2.31. The number of hydrogen-bond acceptors (Lipinski definition) is 3. The van der Waals surface area contributed by atoms with Gasteiger partial charge in [-0.2, -0.15) is 0 Å². The number of nitrogens with zero attached hydrogens (tertiary/aromatic N) is 1. The van der Waals surface area contributed by atoms with Gasteiger partial charge in [0.2, 0.25) is 10.0 Å². The van der Waals surface area contributed by atoms with Crippen molar-refractivity contribution in [3.63, 3.8) is 0 Å². The van der Waals surface area contributed by atoms with Crippen LogP contribution in [0.3, 0.4) is 0 Å². The van der Waals surface area contributed by atoms with Crippen molar-refractivity contribution in [3.05, 3.63) is 34.9 Å². The van der Waals surface area contributed by atoms with Gasteiger partial charge in [0, 0.05) is 24.7 Å². The lowest BCUT2D eigenvalue weighted by atomic mass is 10.1. The third-order valence-corrected chi connectivity index (χ3v) is 5.74. The third kappa shape index (κ3) is 3.69. The molecule has 106 valence electrons. The second kappa shape index (κ2) is 6.22. The standard InChI is InChI=1S/C13H19ClN2O2S/c1-16(12-6-4-8-15-9-12)19(17,18)10-11-5-2-3-7-13(11)14/h2-3,5,7,12,15H,4,6,8-10H2,1H3. The second-order valence-electron chi connectivity index (χ2n) is 4.86. The molecule has 0 spiro atoms. The molecule has 2 rings (SSSR count). The summed E-state index contributed by atoms with van der Waals surface area (Å²) >= 11 is 6.03. The minimum absolute atomic E-state index is 0.0420. The number of benzene rings is 1. The largest absolute Gasteiger partial charge is 0.315 e. The van der Waals surface area contributed by atoms with Crippen LogP contribution in [0.4, 0.5) is 0 Å². The first-order chi connectivity index (χ1) is 9.00. The first kappa shape index (κ1) is 14.8. The Bertz CT molecular complexity index is 527. The molecule has 0 bridgehead atoms. The van der Waals surface area contributed by atoms with Gasteiger partial charge in [-0.15, -0.1) is 0 Å². The van der Waals surface area contributed by atoms with E-state index in [2.05, 4.69) is 5.32 Å². The van der Waals surface area contributed by atoms with Crippen molar-refractivity contribution in [1.29, 1.82) is 0 Å². The molecule has 1 aliphatic rings. The highest BCUT2D eigenvalue weighted by molar-refractivity contribution is 7.88. The van der Waals surface area contributed by atoms with E-state index in [1.54, 1.807) is 31.3 Å². The Kier molecular flexibility index (Phi) is 4.84. The fourth-order valence-electron chi connectivity index (χ4n) is 2.28. The Balaban J connectivity index is 2.11. The van der Waals surface area contributed by atoms with E-state index in [1.165, 1.54) is 4.31 Å². The molecule has 0 aromatic heterocycles. The van der Waals surface area contributed by atoms with Crippen LogP contribution in [0.1, 0.15) is 18.4 Å². The summed E-state index contributed by atoms with van der Waals surface area (Å²) < 4.78 is 26.3. The maximum Gasteiger partial charge on any atom is 0.218 e. The first-order valence-corrected chi connectivity index (χ1v) is 8.39. The topological polar surface area (TPSA) is 49.4 Å². The maximum atomic E-state index is 12.4. The van der Waals surface area contributed by atoms with Crippen LogP contribution in [-0.4, -0.2) is 38.9 Å². The summed E-state index contributed by atoms with van der Waals surface area (Å²) in [6.45, 7) is 1.69. The SMILES string of the molecule is CN(C1CCCNC1)S(=O)(=O)Cc1ccccc1Cl. The molecule has 1 aromatic carbocycles. The van der Waals surface area contributed by atoms with Gasteiger partial charge >= 0.3 is 0 Å². The van der Waals surface area contributed by atoms with Crippen molar-refractivity contribution >= 4 is 21.6 Å². The van der Waals surface area contributed by atoms with Crippen LogP contribution in [0, 0.1) is 0 Å². The quantitative estimate of drug-likeness (QED) is 0.923. The van der Waals surface area contributed by atoms with Crippen molar-refractivity contribution in [3.8, 4) is 0 Å². The van der Waals surface area contributed by atoms with Gasteiger partial charge in [0.05, 0.1) is 5.75 Å². The number of nitrogens with one attached hydrogen (secondary N) is 1. The fraction of sp³-hybridized carbons (Fsp3) is 0.538. The predicted octanol–water partition coefficient (Wildman–Crippen LogP) is 1.85. The molecule has 0 amide bonds. The summed E-state index contributed by atoms with van der Waals surface area (Å²) in [5, 5.41) is 3.73. The lowest BCUT2D eigenvalue weighted by Crippen LogP contribution is -2.46. The Morgan fingerprint density at radius 3 is 2.79 bits per heavy atom. The summed E-state index contributed by atoms with van der Waals surface area (Å²) in [7, 11) is -1.67. The van der Waals surface area contributed by atoms with Gasteiger partial charge in [-0.1, -0.05) is 29.8 Å². The molecule has 1 aliphatic heterocycles. The Morgan fingerprint density at radius 1 is 1.42 bits per heavy atom. The van der Waals surface area contributed by atoms with E-state index in [9.17, 15) is 8.42 Å². The summed E-state index contributed by atoms with van der Waals surface area (Å²) in [4.78, 5) is 0. The van der Waals surface area contributed by atoms with Gasteiger partial charge in [-0.25, -0.2) is 12.7 Å². The van der Waals surface area contributed by atoms with E-state index in [0.29, 0.717) is 10.6 Å². The van der Waals surface area contributed by atoms with Crippen molar-refractivity contribution < 1.29 is 8.42 Å². The third-order valence-electron chi connectivity index (χ3n) is 3.52. The highest BCUT2D eigenvalue weighted by Crippen LogP contribution is 2.21. The van der Waals surface area contributed by atoms with E-state index in [1.807, 2.05) is 0 Å². The van der Waals surface area contributed by atoms with E-state index in [4.69, 9.17) is 11.6 Å². The Labute approximate surface area is 119 Å². The van der Waals surface area contributed by atoms with Crippen LogP contribution < -0.4 is 5.32 Å². The van der Waals surface area contributed by atoms with E-state index < -0.39 is 10.0 Å². The predicted molar refractivity (Wildman–Crippen MR) is 77.7 cm³/mol. The molecule has 1 atom stereocenters. The summed E-state index contributed by atoms with van der Waals surface area (Å²) in [6, 6.07) is 7.12. The number of halogens is 1. The zero-order chi connectivity index (χ0) is 13.9. The minimum atomic E-state index is -3.33. The van der Waals surface area contributed by atoms with Gasteiger partial charge in [0.25, 0.3) is 0 Å². The number of likely N-dealkylation sites (N-methyl/N-ethyl adjacent to an activating group) is 1. The highest BCUT2D eigenvalue weighted by Gasteiger charge is 2.28. The molecule has 1 saturated heterocycles. The first-order valence-electron chi connectivity index (χ1n) is 6.40. The van der Waals surface area contributed by atoms with Gasteiger partial charge in [-0.3, -0.25) is 0 Å². The van der Waals surface area contributed by atoms with Crippen LogP contribution in [0.5, 0.6) is 0 Å². The van der Waals surface area contributed by atoms with E-state index >= 15 is 0 Å². The highest BCUT2D eigenvalue weighted by atomic mass is 35.5. The summed E-state index contributed by atoms with van der Waals surface area (Å²) in [5.74, 6) is -0.0420. The fourth-order valence-corrected chi connectivity index (χ4v) is 4.05. The van der Waals surface area contributed by atoms with Crippen LogP contribution in [0.2, 0.25) is 5.02 Å². The van der Waals surface area contributed by atoms with Crippen molar-refractivity contribution in [1.82, 2.24) is 9.62 Å². The molecular weight excluding hydrogens is 284 g/mol. The van der Waals surface area contributed by atoms with Gasteiger partial charge in [-0.05, 0) is 31.0 Å². The lowest BCUT2D eigenvalue weighted by molar-refractivity contribution is 0.300. The molecule has 0 radical (unpaired) electrons. The monoisotopic (exact) mass is 302 g/mol. The van der Waals surface area contributed by atoms with Crippen molar-refractivity contribution in [2.24, 2.45) is 0 Å². The average molecular weight is 303 g/mol. The molecule has 19 heavy (non-hydrogen) atoms. The van der Waals surface area contributed by atoms with Gasteiger partial charge in [0.15, 0.2) is 0 Å². The smallest absolute Gasteiger partial charge is 0.218 e. The Hall–Kier alpha value is -0.620. The molecule has 0 aliphatic carbocycles. The zero-order valence-electron chi connectivity index (χ0n) is 11.0. The summed E-state index contributed by atoms with van der Waals surface area (Å²) in [6.07, 6.45) is 1.92. The minimum Gasteiger partial charge on any atom is -0.315 e. The number of rotatable bonds is 4. The molecule has 6 heteroatoms. The molecular formula is C13H19ClN2O2S. The number of hydrogen-bond donors (Lipinski definition) is 1. The van der Waals surface area contributed by atoms with Crippen LogP contribution in [0.15, 0.2) is 24.3 Å². The molecule has 4 nitrogen and oxygen atoms in total. The zero-order valence-corrected chi connectivity index (χ0v) is 12.5. The molecule has 0 saturated carbocycles. The van der Waals surface area contributed by atoms with Crippen LogP contribution in [-0.2, 0) is 15.8 Å². The molecule has 1 aromatic rings. The van der Waals surface area contributed by atoms with Crippen molar-refractivity contribution in [2.75, 3.05) is 20.1 Å². The van der Waals surface area contributed by atoms with Crippen LogP contribution in [0.25, 0.3) is 0 Å². The summed E-state index contributed by atoms with van der Waals surface area (Å²) in [5.41, 5.74) is 0.653. The van der Waals surface area contributed by atoms with Gasteiger partial charge in [0.1, 0.15) is 0 Å². The van der Waals surface area contributed by atoms with Crippen LogP contribution >= 0.6 is 11.6 Å². The van der Waals surface area contributed by atoms with Gasteiger partial charge < -0.3 is 5.32 Å². The van der Waals surface area contributed by atoms with Crippen molar-refractivity contribution in [2.45, 2.75) is 24.6 Å². The average Bonchev–Trinajstić information content (AvgIpc) is 2.41. The normalized spacial score (nSPS) is 20.7. The number of sulfonamides is 1. The molecule has 1 unspecified atom stereocenters. The number of piperidine rings is 1. The molecule has 1 fully saturated rings. The molecule has 1 heterocycles. The van der Waals surface area contributed by atoms with E-state index in [0.717, 1.165) is 25.9 Å². The second-order valence-corrected chi connectivity index (χ2v) is 7.30. The Morgan fingerprint density at radius 2 is 2.16 bits per heavy atom. The molecule has 1 N–H and O–H groups in total. The maximum absolute atomic E-state index is 12.4.